The minimum absolute atomic E-state index is 0.320. The molecule has 0 spiro atoms. The maximum atomic E-state index is 13.6. The highest BCUT2D eigenvalue weighted by molar-refractivity contribution is 5.95. The van der Waals surface area contributed by atoms with E-state index in [1.54, 1.807) is 0 Å². The van der Waals surface area contributed by atoms with E-state index in [0.29, 0.717) is 11.9 Å². The second kappa shape index (κ2) is 6.19. The average molecular weight is 338 g/mol. The number of aromatic nitrogens is 1. The van der Waals surface area contributed by atoms with Gasteiger partial charge in [0.25, 0.3) is 0 Å². The molecule has 3 heteroatoms. The summed E-state index contributed by atoms with van der Waals surface area (Å²) >= 11 is 0. The molecule has 2 heterocycles. The van der Waals surface area contributed by atoms with Gasteiger partial charge in [-0.15, -0.1) is 0 Å². The van der Waals surface area contributed by atoms with Crippen LogP contribution in [0.15, 0.2) is 30.5 Å². The number of carbonyl (C=O) groups excluding carboxylic acids is 1. The Labute approximate surface area is 151 Å². The number of carbonyl (C=O) groups is 1. The summed E-state index contributed by atoms with van der Waals surface area (Å²) in [6.45, 7) is 5.17. The van der Waals surface area contributed by atoms with E-state index in [4.69, 9.17) is 0 Å². The van der Waals surface area contributed by atoms with Gasteiger partial charge < -0.3 is 9.47 Å². The molecular formula is C22H30N2O. The zero-order chi connectivity index (χ0) is 17.6. The van der Waals surface area contributed by atoms with Crippen LogP contribution in [0.4, 0.5) is 0 Å². The van der Waals surface area contributed by atoms with E-state index in [1.807, 2.05) is 0 Å². The van der Waals surface area contributed by atoms with Crippen LogP contribution in [-0.2, 0) is 17.3 Å². The second-order valence-corrected chi connectivity index (χ2v) is 8.55. The third-order valence-electron chi connectivity index (χ3n) is 6.61. The first-order valence-corrected chi connectivity index (χ1v) is 9.86. The molecule has 0 bridgehead atoms. The monoisotopic (exact) mass is 338 g/mol. The SMILES string of the molecule is Cn1cc(C(C)(C)C(=O)N2CCCC3CCCCC32)c2ccccc21. The molecule has 1 amide bonds. The van der Waals surface area contributed by atoms with E-state index in [9.17, 15) is 4.79 Å². The summed E-state index contributed by atoms with van der Waals surface area (Å²) in [6.07, 6.45) is 9.76. The molecule has 0 radical (unpaired) electrons. The van der Waals surface area contributed by atoms with Crippen molar-refractivity contribution in [2.24, 2.45) is 13.0 Å². The minimum Gasteiger partial charge on any atom is -0.350 e. The van der Waals surface area contributed by atoms with Crippen molar-refractivity contribution in [2.75, 3.05) is 6.54 Å². The minimum atomic E-state index is -0.486. The molecule has 3 nitrogen and oxygen atoms in total. The van der Waals surface area contributed by atoms with Crippen LogP contribution in [0.1, 0.15) is 57.9 Å². The molecule has 4 rings (SSSR count). The normalized spacial score (nSPS) is 24.4. The number of rotatable bonds is 2. The molecule has 1 saturated carbocycles. The molecule has 2 unspecified atom stereocenters. The van der Waals surface area contributed by atoms with Crippen LogP contribution in [0.2, 0.25) is 0 Å². The number of fused-ring (bicyclic) bond motifs is 2. The van der Waals surface area contributed by atoms with Crippen LogP contribution in [0.25, 0.3) is 10.9 Å². The predicted octanol–water partition coefficient (Wildman–Crippen LogP) is 4.64. The van der Waals surface area contributed by atoms with Crippen molar-refractivity contribution < 1.29 is 4.79 Å². The molecule has 134 valence electrons. The smallest absolute Gasteiger partial charge is 0.232 e. The highest BCUT2D eigenvalue weighted by atomic mass is 16.2. The molecular weight excluding hydrogens is 308 g/mol. The number of piperidine rings is 1. The van der Waals surface area contributed by atoms with Crippen molar-refractivity contribution in [1.82, 2.24) is 9.47 Å². The molecule has 25 heavy (non-hydrogen) atoms. The first kappa shape index (κ1) is 16.7. The lowest BCUT2D eigenvalue weighted by atomic mass is 9.76. The van der Waals surface area contributed by atoms with Crippen LogP contribution in [0, 0.1) is 5.92 Å². The molecule has 2 aliphatic rings. The standard InChI is InChI=1S/C22H30N2O/c1-22(2,18-15-23(3)20-13-7-5-11-17(18)20)21(25)24-14-8-10-16-9-4-6-12-19(16)24/h5,7,11,13,15-16,19H,4,6,8-10,12,14H2,1-3H3. The number of benzene rings is 1. The van der Waals surface area contributed by atoms with Crippen molar-refractivity contribution >= 4 is 16.8 Å². The molecule has 1 aliphatic heterocycles. The van der Waals surface area contributed by atoms with Crippen molar-refractivity contribution in [3.05, 3.63) is 36.0 Å². The number of hydrogen-bond acceptors (Lipinski definition) is 1. The van der Waals surface area contributed by atoms with Crippen molar-refractivity contribution in [1.29, 1.82) is 0 Å². The van der Waals surface area contributed by atoms with Gasteiger partial charge in [-0.3, -0.25) is 4.79 Å². The largest absolute Gasteiger partial charge is 0.350 e. The van der Waals surface area contributed by atoms with Gasteiger partial charge in [0.15, 0.2) is 0 Å². The summed E-state index contributed by atoms with van der Waals surface area (Å²) < 4.78 is 2.15. The van der Waals surface area contributed by atoms with E-state index >= 15 is 0 Å². The Morgan fingerprint density at radius 3 is 2.64 bits per heavy atom. The number of likely N-dealkylation sites (tertiary alicyclic amines) is 1. The van der Waals surface area contributed by atoms with Gasteiger partial charge in [0.2, 0.25) is 5.91 Å². The summed E-state index contributed by atoms with van der Waals surface area (Å²) in [4.78, 5) is 15.9. The van der Waals surface area contributed by atoms with Gasteiger partial charge in [-0.05, 0) is 57.1 Å². The lowest BCUT2D eigenvalue weighted by Crippen LogP contribution is -2.54. The molecule has 2 aromatic rings. The van der Waals surface area contributed by atoms with Crippen LogP contribution < -0.4 is 0 Å². The summed E-state index contributed by atoms with van der Waals surface area (Å²) in [7, 11) is 2.07. The van der Waals surface area contributed by atoms with Crippen molar-refractivity contribution in [2.45, 2.75) is 63.8 Å². The van der Waals surface area contributed by atoms with Gasteiger partial charge in [0.1, 0.15) is 0 Å². The third kappa shape index (κ3) is 2.68. The Bertz CT molecular complexity index is 786. The molecule has 2 atom stereocenters. The summed E-state index contributed by atoms with van der Waals surface area (Å²) in [6, 6.07) is 8.91. The molecule has 1 aromatic heterocycles. The third-order valence-corrected chi connectivity index (χ3v) is 6.61. The lowest BCUT2D eigenvalue weighted by molar-refractivity contribution is -0.142. The van der Waals surface area contributed by atoms with E-state index in [2.05, 4.69) is 60.8 Å². The van der Waals surface area contributed by atoms with Crippen molar-refractivity contribution in [3.8, 4) is 0 Å². The van der Waals surface area contributed by atoms with Crippen molar-refractivity contribution in [3.63, 3.8) is 0 Å². The fourth-order valence-electron chi connectivity index (χ4n) is 5.19. The molecule has 2 fully saturated rings. The van der Waals surface area contributed by atoms with E-state index < -0.39 is 5.41 Å². The number of aryl methyl sites for hydroxylation is 1. The van der Waals surface area contributed by atoms with Gasteiger partial charge in [0.05, 0.1) is 5.41 Å². The first-order valence-electron chi connectivity index (χ1n) is 9.86. The maximum Gasteiger partial charge on any atom is 0.232 e. The van der Waals surface area contributed by atoms with Gasteiger partial charge in [-0.1, -0.05) is 31.0 Å². The number of hydrogen-bond donors (Lipinski definition) is 0. The maximum absolute atomic E-state index is 13.6. The highest BCUT2D eigenvalue weighted by Crippen LogP contribution is 2.39. The van der Waals surface area contributed by atoms with Gasteiger partial charge in [0, 0.05) is 36.7 Å². The zero-order valence-electron chi connectivity index (χ0n) is 15.8. The molecule has 0 N–H and O–H groups in total. The topological polar surface area (TPSA) is 25.2 Å². The average Bonchev–Trinajstić information content (AvgIpc) is 2.98. The molecule has 1 aliphatic carbocycles. The Hall–Kier alpha value is -1.77. The molecule has 1 saturated heterocycles. The number of nitrogens with zero attached hydrogens (tertiary/aromatic N) is 2. The lowest BCUT2D eigenvalue weighted by Gasteiger charge is -2.46. The Balaban J connectivity index is 1.70. The number of para-hydroxylation sites is 1. The fraction of sp³-hybridized carbons (Fsp3) is 0.591. The van der Waals surface area contributed by atoms with Crippen LogP contribution in [-0.4, -0.2) is 28.0 Å². The summed E-state index contributed by atoms with van der Waals surface area (Å²) in [5.74, 6) is 1.05. The van der Waals surface area contributed by atoms with Crippen LogP contribution >= 0.6 is 0 Å². The highest BCUT2D eigenvalue weighted by Gasteiger charge is 2.42. The predicted molar refractivity (Wildman–Crippen MR) is 103 cm³/mol. The van der Waals surface area contributed by atoms with Crippen LogP contribution in [0.5, 0.6) is 0 Å². The Morgan fingerprint density at radius 1 is 1.08 bits per heavy atom. The fourth-order valence-corrected chi connectivity index (χ4v) is 5.19. The van der Waals surface area contributed by atoms with E-state index in [-0.39, 0.29) is 0 Å². The quantitative estimate of drug-likeness (QED) is 0.783. The van der Waals surface area contributed by atoms with Crippen LogP contribution in [0.3, 0.4) is 0 Å². The van der Waals surface area contributed by atoms with Gasteiger partial charge in [-0.2, -0.15) is 0 Å². The zero-order valence-corrected chi connectivity index (χ0v) is 15.8. The van der Waals surface area contributed by atoms with E-state index in [1.165, 1.54) is 49.4 Å². The summed E-state index contributed by atoms with van der Waals surface area (Å²) in [5.41, 5.74) is 1.88. The molecule has 1 aromatic carbocycles. The van der Waals surface area contributed by atoms with Gasteiger partial charge in [-0.25, -0.2) is 0 Å². The van der Waals surface area contributed by atoms with Gasteiger partial charge >= 0.3 is 0 Å². The summed E-state index contributed by atoms with van der Waals surface area (Å²) in [5, 5.41) is 1.21. The second-order valence-electron chi connectivity index (χ2n) is 8.55. The van der Waals surface area contributed by atoms with E-state index in [0.717, 1.165) is 18.0 Å². The Morgan fingerprint density at radius 2 is 1.80 bits per heavy atom. The number of amides is 1. The first-order chi connectivity index (χ1) is 12.0. The Kier molecular flexibility index (Phi) is 4.13.